The van der Waals surface area contributed by atoms with Gasteiger partial charge in [-0.15, -0.1) is 0 Å². The first kappa shape index (κ1) is 25.7. The molecule has 0 saturated carbocycles. The summed E-state index contributed by atoms with van der Waals surface area (Å²) in [7, 11) is 0. The lowest BCUT2D eigenvalue weighted by atomic mass is 9.73. The molecule has 1 aliphatic carbocycles. The Hall–Kier alpha value is -3.60. The van der Waals surface area contributed by atoms with Gasteiger partial charge in [-0.1, -0.05) is 41.6 Å². The van der Waals surface area contributed by atoms with Crippen LogP contribution in [0.1, 0.15) is 47.6 Å². The average Bonchev–Trinajstić information content (AvgIpc) is 3.22. The number of aromatic nitrogens is 5. The van der Waals surface area contributed by atoms with Crippen LogP contribution < -0.4 is 16.4 Å². The van der Waals surface area contributed by atoms with Crippen LogP contribution in [-0.4, -0.2) is 43.8 Å². The Bertz CT molecular complexity index is 1560. The predicted molar refractivity (Wildman–Crippen MR) is 152 cm³/mol. The number of anilines is 2. The Morgan fingerprint density at radius 3 is 2.64 bits per heavy atom. The smallest absolute Gasteiger partial charge is 0.181 e. The van der Waals surface area contributed by atoms with Crippen LogP contribution in [0.2, 0.25) is 5.02 Å². The van der Waals surface area contributed by atoms with Gasteiger partial charge in [0, 0.05) is 60.8 Å². The van der Waals surface area contributed by atoms with E-state index in [0.29, 0.717) is 40.3 Å². The molecule has 1 atom stereocenters. The molecule has 1 aliphatic heterocycles. The Morgan fingerprint density at radius 2 is 1.92 bits per heavy atom. The summed E-state index contributed by atoms with van der Waals surface area (Å²) in [6, 6.07) is 9.62. The number of fused-ring (bicyclic) bond motifs is 1. The van der Waals surface area contributed by atoms with Gasteiger partial charge in [0.15, 0.2) is 17.4 Å². The maximum atomic E-state index is 12.7. The van der Waals surface area contributed by atoms with E-state index in [1.807, 2.05) is 30.5 Å². The minimum Gasteiger partial charge on any atom is -0.381 e. The molecule has 0 radical (unpaired) electrons. The second kappa shape index (κ2) is 10.2. The van der Waals surface area contributed by atoms with Crippen molar-refractivity contribution in [3.63, 3.8) is 0 Å². The fourth-order valence-electron chi connectivity index (χ4n) is 5.59. The molecule has 1 spiro atoms. The highest BCUT2D eigenvalue weighted by atomic mass is 35.5. The third kappa shape index (κ3) is 4.62. The van der Waals surface area contributed by atoms with Crippen LogP contribution >= 0.6 is 23.4 Å². The number of nitrogen functional groups attached to an aromatic ring is 1. The predicted octanol–water partition coefficient (Wildman–Crippen LogP) is 4.76. The number of nitrogens with zero attached hydrogens (tertiary/aromatic N) is 6. The minimum absolute atomic E-state index is 0.0385. The van der Waals surface area contributed by atoms with Gasteiger partial charge in [0.2, 0.25) is 0 Å². The number of nitrogens with two attached hydrogens (primary N) is 2. The highest BCUT2D eigenvalue weighted by molar-refractivity contribution is 7.99. The Balaban J connectivity index is 1.26. The van der Waals surface area contributed by atoms with Crippen molar-refractivity contribution in [2.75, 3.05) is 23.7 Å². The number of carbonyl (C=O) groups excluding carboxylic acids is 1. The number of hydrogen-bond acceptors (Lipinski definition) is 10. The van der Waals surface area contributed by atoms with E-state index in [0.717, 1.165) is 41.0 Å². The monoisotopic (exact) mass is 558 g/mol. The van der Waals surface area contributed by atoms with Gasteiger partial charge in [-0.2, -0.15) is 0 Å². The Kier molecular flexibility index (Phi) is 6.70. The molecular weight excluding hydrogens is 532 g/mol. The lowest BCUT2D eigenvalue weighted by molar-refractivity contribution is 0.101. The summed E-state index contributed by atoms with van der Waals surface area (Å²) < 4.78 is 0. The molecule has 0 amide bonds. The fraction of sp³-hybridized carbons (Fsp3) is 0.286. The Labute approximate surface area is 235 Å². The molecule has 6 rings (SSSR count). The highest BCUT2D eigenvalue weighted by Crippen LogP contribution is 2.50. The maximum absolute atomic E-state index is 12.7. The van der Waals surface area contributed by atoms with Crippen LogP contribution in [0.25, 0.3) is 11.3 Å². The van der Waals surface area contributed by atoms with E-state index in [9.17, 15) is 4.79 Å². The first-order valence-corrected chi connectivity index (χ1v) is 13.9. The van der Waals surface area contributed by atoms with E-state index in [4.69, 9.17) is 23.1 Å². The quantitative estimate of drug-likeness (QED) is 0.330. The van der Waals surface area contributed by atoms with Crippen molar-refractivity contribution in [1.82, 2.24) is 24.9 Å². The van der Waals surface area contributed by atoms with Gasteiger partial charge in [-0.05, 0) is 42.4 Å². The fourth-order valence-corrected chi connectivity index (χ4v) is 6.77. The number of rotatable bonds is 5. The number of pyridine rings is 1. The number of ketones is 1. The number of Topliss-reactive ketones (excluding diaryl/α,β-unsaturated/α-hetero) is 1. The number of halogens is 1. The molecule has 1 aromatic carbocycles. The largest absolute Gasteiger partial charge is 0.381 e. The van der Waals surface area contributed by atoms with Crippen molar-refractivity contribution in [3.05, 3.63) is 77.1 Å². The molecule has 0 unspecified atom stereocenters. The number of benzene rings is 1. The zero-order valence-corrected chi connectivity index (χ0v) is 22.9. The SMILES string of the molecule is CC(=O)c1nc(Sc2cccc(-c3cnccn3)c2Cl)c(N)nc1N1CCC2(CC1)Cc1ncccc1[C@H]2N. The minimum atomic E-state index is -0.173. The molecule has 1 saturated heterocycles. The molecule has 4 aromatic rings. The molecule has 11 heteroatoms. The molecule has 3 aromatic heterocycles. The second-order valence-electron chi connectivity index (χ2n) is 10.00. The van der Waals surface area contributed by atoms with Gasteiger partial charge in [0.1, 0.15) is 10.7 Å². The first-order chi connectivity index (χ1) is 18.9. The molecule has 2 aliphatic rings. The molecule has 198 valence electrons. The molecular formula is C28H27ClN8OS. The van der Waals surface area contributed by atoms with E-state index in [1.54, 1.807) is 18.6 Å². The van der Waals surface area contributed by atoms with Crippen LogP contribution in [0.3, 0.4) is 0 Å². The van der Waals surface area contributed by atoms with Crippen LogP contribution in [0.4, 0.5) is 11.6 Å². The van der Waals surface area contributed by atoms with Crippen LogP contribution in [0.15, 0.2) is 65.0 Å². The summed E-state index contributed by atoms with van der Waals surface area (Å²) in [5.41, 5.74) is 17.0. The van der Waals surface area contributed by atoms with Crippen molar-refractivity contribution < 1.29 is 4.79 Å². The summed E-state index contributed by atoms with van der Waals surface area (Å²) in [6.45, 7) is 2.91. The number of carbonyl (C=O) groups is 1. The summed E-state index contributed by atoms with van der Waals surface area (Å²) in [5.74, 6) is 0.587. The lowest BCUT2D eigenvalue weighted by Crippen LogP contribution is -2.45. The van der Waals surface area contributed by atoms with Gasteiger partial charge < -0.3 is 16.4 Å². The van der Waals surface area contributed by atoms with Crippen LogP contribution in [0, 0.1) is 5.41 Å². The van der Waals surface area contributed by atoms with Gasteiger partial charge in [0.25, 0.3) is 0 Å². The van der Waals surface area contributed by atoms with E-state index in [2.05, 4.69) is 35.9 Å². The summed E-state index contributed by atoms with van der Waals surface area (Å²) in [5, 5.41) is 0.928. The maximum Gasteiger partial charge on any atom is 0.181 e. The lowest BCUT2D eigenvalue weighted by Gasteiger charge is -2.42. The summed E-state index contributed by atoms with van der Waals surface area (Å²) in [6.07, 6.45) is 9.31. The van der Waals surface area contributed by atoms with Gasteiger partial charge in [0.05, 0.1) is 16.9 Å². The molecule has 0 bridgehead atoms. The van der Waals surface area contributed by atoms with Gasteiger partial charge in [-0.25, -0.2) is 9.97 Å². The topological polar surface area (TPSA) is 137 Å². The van der Waals surface area contributed by atoms with E-state index in [-0.39, 0.29) is 23.1 Å². The molecule has 4 heterocycles. The molecule has 1 fully saturated rings. The van der Waals surface area contributed by atoms with Crippen molar-refractivity contribution in [1.29, 1.82) is 0 Å². The molecule has 4 N–H and O–H groups in total. The van der Waals surface area contributed by atoms with Crippen molar-refractivity contribution in [2.45, 2.75) is 42.1 Å². The summed E-state index contributed by atoms with van der Waals surface area (Å²) >= 11 is 8.01. The van der Waals surface area contributed by atoms with E-state index < -0.39 is 0 Å². The number of piperidine rings is 1. The van der Waals surface area contributed by atoms with Crippen LogP contribution in [0.5, 0.6) is 0 Å². The zero-order valence-electron chi connectivity index (χ0n) is 21.3. The normalized spacial score (nSPS) is 17.8. The molecule has 9 nitrogen and oxygen atoms in total. The third-order valence-corrected chi connectivity index (χ3v) is 9.28. The van der Waals surface area contributed by atoms with E-state index in [1.165, 1.54) is 18.7 Å². The van der Waals surface area contributed by atoms with E-state index >= 15 is 0 Å². The zero-order chi connectivity index (χ0) is 27.1. The van der Waals surface area contributed by atoms with Gasteiger partial charge >= 0.3 is 0 Å². The van der Waals surface area contributed by atoms with Crippen molar-refractivity contribution >= 4 is 40.8 Å². The average molecular weight is 559 g/mol. The Morgan fingerprint density at radius 1 is 1.10 bits per heavy atom. The standard InChI is InChI=1S/C28H27ClN8OS/c1-16(38)23-26(37-12-7-28(8-13-37)14-19-18(24(28)30)5-3-9-33-19)36-25(31)27(35-23)39-21-6-2-4-17(22(21)29)20-15-32-10-11-34-20/h2-6,9-11,15,24H,7-8,12-14,30H2,1H3,(H2,31,36)/t24-/m1/s1. The number of hydrogen-bond donors (Lipinski definition) is 2. The van der Waals surface area contributed by atoms with Crippen LogP contribution in [-0.2, 0) is 6.42 Å². The van der Waals surface area contributed by atoms with Gasteiger partial charge in [-0.3, -0.25) is 19.7 Å². The van der Waals surface area contributed by atoms with Crippen molar-refractivity contribution in [2.24, 2.45) is 11.1 Å². The highest BCUT2D eigenvalue weighted by Gasteiger charge is 2.47. The third-order valence-electron chi connectivity index (χ3n) is 7.71. The summed E-state index contributed by atoms with van der Waals surface area (Å²) in [4.78, 5) is 38.0. The molecule has 39 heavy (non-hydrogen) atoms. The van der Waals surface area contributed by atoms with Crippen molar-refractivity contribution in [3.8, 4) is 11.3 Å². The second-order valence-corrected chi connectivity index (χ2v) is 11.4. The first-order valence-electron chi connectivity index (χ1n) is 12.7.